The van der Waals surface area contributed by atoms with Crippen molar-refractivity contribution in [3.05, 3.63) is 60.3 Å². The smallest absolute Gasteiger partial charge is 0.255 e. The molecule has 1 aromatic heterocycles. The number of carbonyl (C=O) groups excluding carboxylic acids is 1. The van der Waals surface area contributed by atoms with Gasteiger partial charge in [0.15, 0.2) is 0 Å². The Bertz CT molecular complexity index is 841. The number of ether oxygens (including phenoxy) is 1. The second-order valence-corrected chi connectivity index (χ2v) is 4.79. The first-order valence-corrected chi connectivity index (χ1v) is 6.77. The molecule has 0 fully saturated rings. The number of nitrogens with two attached hydrogens (primary N) is 1. The summed E-state index contributed by atoms with van der Waals surface area (Å²) in [6.07, 6.45) is 1.70. The van der Waals surface area contributed by atoms with Crippen molar-refractivity contribution < 1.29 is 9.53 Å². The molecule has 3 N–H and O–H groups in total. The summed E-state index contributed by atoms with van der Waals surface area (Å²) in [7, 11) is 1.53. The summed E-state index contributed by atoms with van der Waals surface area (Å²) in [6, 6.07) is 14.4. The average molecular weight is 293 g/mol. The number of hydrogen-bond donors (Lipinski definition) is 2. The van der Waals surface area contributed by atoms with Crippen LogP contribution in [0, 0.1) is 0 Å². The molecule has 0 saturated heterocycles. The maximum atomic E-state index is 12.4. The SMILES string of the molecule is COc1ccc(C(=O)Nc2cccc3cccnc23)cc1N. The van der Waals surface area contributed by atoms with Gasteiger partial charge in [-0.15, -0.1) is 0 Å². The maximum Gasteiger partial charge on any atom is 0.255 e. The minimum absolute atomic E-state index is 0.243. The van der Waals surface area contributed by atoms with Crippen LogP contribution in [0.5, 0.6) is 5.75 Å². The zero-order valence-electron chi connectivity index (χ0n) is 12.0. The summed E-state index contributed by atoms with van der Waals surface area (Å²) >= 11 is 0. The Labute approximate surface area is 127 Å². The average Bonchev–Trinajstić information content (AvgIpc) is 2.55. The van der Waals surface area contributed by atoms with E-state index in [1.54, 1.807) is 24.4 Å². The Morgan fingerprint density at radius 1 is 1.18 bits per heavy atom. The number of para-hydroxylation sites is 1. The number of nitrogen functional groups attached to an aromatic ring is 1. The molecule has 0 bridgehead atoms. The van der Waals surface area contributed by atoms with E-state index in [2.05, 4.69) is 10.3 Å². The van der Waals surface area contributed by atoms with Gasteiger partial charge in [-0.3, -0.25) is 9.78 Å². The minimum Gasteiger partial charge on any atom is -0.495 e. The van der Waals surface area contributed by atoms with E-state index in [1.165, 1.54) is 7.11 Å². The fourth-order valence-electron chi connectivity index (χ4n) is 2.28. The number of anilines is 2. The Hall–Kier alpha value is -3.08. The summed E-state index contributed by atoms with van der Waals surface area (Å²) in [5.41, 5.74) is 8.14. The second kappa shape index (κ2) is 5.73. The second-order valence-electron chi connectivity index (χ2n) is 4.79. The van der Waals surface area contributed by atoms with Gasteiger partial charge in [0, 0.05) is 17.1 Å². The lowest BCUT2D eigenvalue weighted by molar-refractivity contribution is 0.102. The van der Waals surface area contributed by atoms with E-state index in [0.29, 0.717) is 22.7 Å². The van der Waals surface area contributed by atoms with E-state index in [0.717, 1.165) is 10.9 Å². The molecule has 1 amide bonds. The maximum absolute atomic E-state index is 12.4. The number of rotatable bonds is 3. The molecule has 3 rings (SSSR count). The topological polar surface area (TPSA) is 77.2 Å². The van der Waals surface area contributed by atoms with Gasteiger partial charge in [-0.2, -0.15) is 0 Å². The third kappa shape index (κ3) is 2.56. The third-order valence-corrected chi connectivity index (χ3v) is 3.37. The van der Waals surface area contributed by atoms with Crippen molar-refractivity contribution in [2.75, 3.05) is 18.2 Å². The molecule has 0 spiro atoms. The van der Waals surface area contributed by atoms with E-state index in [4.69, 9.17) is 10.5 Å². The van der Waals surface area contributed by atoms with Gasteiger partial charge in [0.25, 0.3) is 5.91 Å². The lowest BCUT2D eigenvalue weighted by Crippen LogP contribution is -2.13. The van der Waals surface area contributed by atoms with Crippen molar-refractivity contribution in [2.45, 2.75) is 0 Å². The van der Waals surface area contributed by atoms with Crippen LogP contribution < -0.4 is 15.8 Å². The highest BCUT2D eigenvalue weighted by molar-refractivity contribution is 6.08. The van der Waals surface area contributed by atoms with Crippen LogP contribution in [0.25, 0.3) is 10.9 Å². The fourth-order valence-corrected chi connectivity index (χ4v) is 2.28. The lowest BCUT2D eigenvalue weighted by Gasteiger charge is -2.09. The van der Waals surface area contributed by atoms with Crippen molar-refractivity contribution in [1.29, 1.82) is 0 Å². The number of amides is 1. The molecule has 2 aromatic carbocycles. The molecule has 0 radical (unpaired) electrons. The largest absolute Gasteiger partial charge is 0.495 e. The van der Waals surface area contributed by atoms with Crippen LogP contribution in [0.2, 0.25) is 0 Å². The van der Waals surface area contributed by atoms with Crippen LogP contribution in [-0.2, 0) is 0 Å². The number of benzene rings is 2. The monoisotopic (exact) mass is 293 g/mol. The van der Waals surface area contributed by atoms with E-state index in [1.807, 2.05) is 30.3 Å². The first-order valence-electron chi connectivity index (χ1n) is 6.77. The standard InChI is InChI=1S/C17H15N3O2/c1-22-15-8-7-12(10-13(15)18)17(21)20-14-6-2-4-11-5-3-9-19-16(11)14/h2-10H,18H2,1H3,(H,20,21). The summed E-state index contributed by atoms with van der Waals surface area (Å²) in [4.78, 5) is 16.7. The molecule has 22 heavy (non-hydrogen) atoms. The molecule has 1 heterocycles. The van der Waals surface area contributed by atoms with Crippen LogP contribution >= 0.6 is 0 Å². The van der Waals surface area contributed by atoms with Gasteiger partial charge in [-0.05, 0) is 30.3 Å². The Kier molecular flexibility index (Phi) is 3.62. The predicted molar refractivity (Wildman–Crippen MR) is 87.1 cm³/mol. The number of carbonyl (C=O) groups is 1. The normalized spacial score (nSPS) is 10.4. The first kappa shape index (κ1) is 13.9. The van der Waals surface area contributed by atoms with Gasteiger partial charge in [-0.1, -0.05) is 18.2 Å². The molecule has 0 unspecified atom stereocenters. The summed E-state index contributed by atoms with van der Waals surface area (Å²) in [5, 5.41) is 3.84. The van der Waals surface area contributed by atoms with E-state index in [9.17, 15) is 4.79 Å². The van der Waals surface area contributed by atoms with Crippen LogP contribution in [-0.4, -0.2) is 18.0 Å². The van der Waals surface area contributed by atoms with Gasteiger partial charge in [-0.25, -0.2) is 0 Å². The molecule has 110 valence electrons. The van der Waals surface area contributed by atoms with Crippen molar-refractivity contribution in [3.8, 4) is 5.75 Å². The summed E-state index contributed by atoms with van der Waals surface area (Å²) in [6.45, 7) is 0. The minimum atomic E-state index is -0.243. The number of aromatic nitrogens is 1. The first-order chi connectivity index (χ1) is 10.7. The number of pyridine rings is 1. The molecule has 0 aliphatic heterocycles. The molecule has 0 atom stereocenters. The third-order valence-electron chi connectivity index (χ3n) is 3.37. The quantitative estimate of drug-likeness (QED) is 0.727. The highest BCUT2D eigenvalue weighted by Gasteiger charge is 2.11. The lowest BCUT2D eigenvalue weighted by atomic mass is 10.1. The predicted octanol–water partition coefficient (Wildman–Crippen LogP) is 3.08. The van der Waals surface area contributed by atoms with Crippen molar-refractivity contribution >= 4 is 28.2 Å². The number of fused-ring (bicyclic) bond motifs is 1. The summed E-state index contributed by atoms with van der Waals surface area (Å²) < 4.78 is 5.09. The molecular formula is C17H15N3O2. The van der Waals surface area contributed by atoms with E-state index in [-0.39, 0.29) is 5.91 Å². The highest BCUT2D eigenvalue weighted by atomic mass is 16.5. The van der Waals surface area contributed by atoms with E-state index >= 15 is 0 Å². The number of methoxy groups -OCH3 is 1. The molecule has 5 nitrogen and oxygen atoms in total. The Morgan fingerprint density at radius 3 is 2.77 bits per heavy atom. The number of nitrogens with one attached hydrogen (secondary N) is 1. The van der Waals surface area contributed by atoms with Gasteiger partial charge < -0.3 is 15.8 Å². The van der Waals surface area contributed by atoms with Crippen molar-refractivity contribution in [1.82, 2.24) is 4.98 Å². The van der Waals surface area contributed by atoms with Crippen molar-refractivity contribution in [3.63, 3.8) is 0 Å². The summed E-state index contributed by atoms with van der Waals surface area (Å²) in [5.74, 6) is 0.302. The van der Waals surface area contributed by atoms with Crippen LogP contribution in [0.1, 0.15) is 10.4 Å². The highest BCUT2D eigenvalue weighted by Crippen LogP contribution is 2.24. The number of hydrogen-bond acceptors (Lipinski definition) is 4. The number of nitrogens with zero attached hydrogens (tertiary/aromatic N) is 1. The zero-order valence-corrected chi connectivity index (χ0v) is 12.0. The van der Waals surface area contributed by atoms with Crippen molar-refractivity contribution in [2.24, 2.45) is 0 Å². The fraction of sp³-hybridized carbons (Fsp3) is 0.0588. The Morgan fingerprint density at radius 2 is 2.00 bits per heavy atom. The van der Waals surface area contributed by atoms with Crippen LogP contribution in [0.15, 0.2) is 54.7 Å². The van der Waals surface area contributed by atoms with Crippen LogP contribution in [0.3, 0.4) is 0 Å². The molecule has 5 heteroatoms. The van der Waals surface area contributed by atoms with Gasteiger partial charge in [0.2, 0.25) is 0 Å². The van der Waals surface area contributed by atoms with Gasteiger partial charge in [0.05, 0.1) is 24.0 Å². The van der Waals surface area contributed by atoms with Crippen LogP contribution in [0.4, 0.5) is 11.4 Å². The Balaban J connectivity index is 1.92. The molecule has 0 saturated carbocycles. The van der Waals surface area contributed by atoms with Gasteiger partial charge in [0.1, 0.15) is 5.75 Å². The molecule has 3 aromatic rings. The molecule has 0 aliphatic carbocycles. The molecular weight excluding hydrogens is 278 g/mol. The van der Waals surface area contributed by atoms with E-state index < -0.39 is 0 Å². The van der Waals surface area contributed by atoms with Gasteiger partial charge >= 0.3 is 0 Å². The zero-order chi connectivity index (χ0) is 15.5. The molecule has 0 aliphatic rings.